The molecule has 10 nitrogen and oxygen atoms in total. The summed E-state index contributed by atoms with van der Waals surface area (Å²) in [5, 5.41) is 0.498. The van der Waals surface area contributed by atoms with Gasteiger partial charge in [0, 0.05) is 69.9 Å². The van der Waals surface area contributed by atoms with E-state index >= 15 is 0 Å². The Bertz CT molecular complexity index is 1690. The minimum absolute atomic E-state index is 0.00238. The number of fused-ring (bicyclic) bond motifs is 3. The van der Waals surface area contributed by atoms with Gasteiger partial charge in [-0.3, -0.25) is 19.1 Å². The molecular weight excluding hydrogens is 614 g/mol. The standard InChI is InChI=1S/C36H48ClN7O3/c1-3-24-16-23(18-30(37)34(24)38)17-25(35(46)42-14-8-26(9-15-42)43-22-28-20-29(43)21-40(28)2)19-33(45)41-12-10-27(11-13-41)44-32-7-5-4-6-31(32)39-36(44)47/h4-7,16,18,25-29H,3,8-15,17,19-22,38H2,1-2H3,(H,39,47)/t25-,28?,29?/m0/s1. The molecule has 4 saturated heterocycles. The van der Waals surface area contributed by atoms with E-state index in [1.54, 1.807) is 0 Å². The van der Waals surface area contributed by atoms with Crippen molar-refractivity contribution in [2.24, 2.45) is 5.92 Å². The SMILES string of the molecule is CCc1cc(C[C@@H](CC(=O)N2CCC(n3c(=O)[nH]c4ccccc43)CC2)C(=O)N2CCC(N3CC4CC3CN4C)CC2)cc(Cl)c1N. The number of likely N-dealkylation sites (N-methyl/N-ethyl adjacent to an activating group) is 1. The molecule has 2 amide bonds. The third-order valence-corrected chi connectivity index (χ3v) is 11.8. The molecule has 5 heterocycles. The lowest BCUT2D eigenvalue weighted by molar-refractivity contribution is -0.143. The van der Waals surface area contributed by atoms with E-state index in [2.05, 4.69) is 21.8 Å². The number of piperidine rings is 2. The number of hydrogen-bond acceptors (Lipinski definition) is 6. The number of amides is 2. The molecule has 3 N–H and O–H groups in total. The molecule has 0 radical (unpaired) electrons. The van der Waals surface area contributed by atoms with Crippen molar-refractivity contribution in [1.82, 2.24) is 29.2 Å². The number of H-pyrrole nitrogens is 1. The largest absolute Gasteiger partial charge is 0.397 e. The molecule has 4 aliphatic rings. The monoisotopic (exact) mass is 661 g/mol. The van der Waals surface area contributed by atoms with E-state index in [1.165, 1.54) is 6.42 Å². The van der Waals surface area contributed by atoms with Crippen molar-refractivity contribution in [1.29, 1.82) is 0 Å². The van der Waals surface area contributed by atoms with Gasteiger partial charge in [0.25, 0.3) is 0 Å². The van der Waals surface area contributed by atoms with Crippen molar-refractivity contribution in [3.8, 4) is 0 Å². The van der Waals surface area contributed by atoms with Gasteiger partial charge >= 0.3 is 5.69 Å². The van der Waals surface area contributed by atoms with Gasteiger partial charge in [-0.15, -0.1) is 0 Å². The second-order valence-electron chi connectivity index (χ2n) is 14.3. The Hall–Kier alpha value is -3.34. The number of aryl methyl sites for hydroxylation is 1. The summed E-state index contributed by atoms with van der Waals surface area (Å²) in [4.78, 5) is 52.9. The third-order valence-electron chi connectivity index (χ3n) is 11.5. The van der Waals surface area contributed by atoms with E-state index in [4.69, 9.17) is 17.3 Å². The van der Waals surface area contributed by atoms with Crippen LogP contribution in [0.2, 0.25) is 5.02 Å². The molecule has 4 aliphatic heterocycles. The number of nitrogens with two attached hydrogens (primary N) is 1. The Morgan fingerprint density at radius 3 is 2.34 bits per heavy atom. The number of aromatic amines is 1. The summed E-state index contributed by atoms with van der Waals surface area (Å²) in [6, 6.07) is 13.5. The minimum atomic E-state index is -0.478. The summed E-state index contributed by atoms with van der Waals surface area (Å²) in [6.45, 7) is 6.90. The van der Waals surface area contributed by atoms with Gasteiger partial charge < -0.3 is 25.4 Å². The predicted octanol–water partition coefficient (Wildman–Crippen LogP) is 3.92. The molecule has 0 aliphatic carbocycles. The maximum absolute atomic E-state index is 14.2. The van der Waals surface area contributed by atoms with Gasteiger partial charge in [0.05, 0.1) is 27.7 Å². The lowest BCUT2D eigenvalue weighted by atomic mass is 9.91. The highest BCUT2D eigenvalue weighted by Gasteiger charge is 2.45. The molecule has 252 valence electrons. The van der Waals surface area contributed by atoms with Gasteiger partial charge in [-0.05, 0) is 81.3 Å². The first-order valence-corrected chi connectivity index (χ1v) is 17.9. The van der Waals surface area contributed by atoms with E-state index < -0.39 is 5.92 Å². The maximum Gasteiger partial charge on any atom is 0.326 e. The minimum Gasteiger partial charge on any atom is -0.397 e. The zero-order valence-electron chi connectivity index (χ0n) is 27.7. The zero-order valence-corrected chi connectivity index (χ0v) is 28.4. The van der Waals surface area contributed by atoms with Crippen molar-refractivity contribution in [3.05, 3.63) is 63.0 Å². The number of likely N-dealkylation sites (tertiary alicyclic amines) is 4. The second kappa shape index (κ2) is 13.3. The molecule has 2 bridgehead atoms. The van der Waals surface area contributed by atoms with Gasteiger partial charge in [0.15, 0.2) is 0 Å². The van der Waals surface area contributed by atoms with Crippen molar-refractivity contribution in [2.75, 3.05) is 52.0 Å². The van der Waals surface area contributed by atoms with Gasteiger partial charge in [-0.2, -0.15) is 0 Å². The van der Waals surface area contributed by atoms with E-state index in [9.17, 15) is 14.4 Å². The molecule has 0 spiro atoms. The van der Waals surface area contributed by atoms with Crippen molar-refractivity contribution < 1.29 is 9.59 Å². The second-order valence-corrected chi connectivity index (χ2v) is 14.7. The molecule has 0 saturated carbocycles. The fraction of sp³-hybridized carbons (Fsp3) is 0.583. The number of nitrogens with one attached hydrogen (secondary N) is 1. The van der Waals surface area contributed by atoms with Crippen LogP contribution in [0.3, 0.4) is 0 Å². The number of piperazine rings is 1. The number of para-hydroxylation sites is 2. The number of nitrogens with zero attached hydrogens (tertiary/aromatic N) is 5. The zero-order chi connectivity index (χ0) is 32.8. The highest BCUT2D eigenvalue weighted by Crippen LogP contribution is 2.35. The summed E-state index contributed by atoms with van der Waals surface area (Å²) in [5.74, 6) is -0.419. The van der Waals surface area contributed by atoms with Crippen LogP contribution in [0, 0.1) is 5.92 Å². The van der Waals surface area contributed by atoms with Crippen LogP contribution >= 0.6 is 11.6 Å². The molecule has 4 fully saturated rings. The fourth-order valence-electron chi connectivity index (χ4n) is 8.85. The lowest BCUT2D eigenvalue weighted by Gasteiger charge is -2.42. The summed E-state index contributed by atoms with van der Waals surface area (Å²) in [5.41, 5.74) is 10.3. The Morgan fingerprint density at radius 1 is 0.957 bits per heavy atom. The summed E-state index contributed by atoms with van der Waals surface area (Å²) < 4.78 is 1.84. The van der Waals surface area contributed by atoms with E-state index in [0.29, 0.717) is 61.2 Å². The van der Waals surface area contributed by atoms with Crippen LogP contribution in [-0.2, 0) is 22.4 Å². The van der Waals surface area contributed by atoms with Crippen LogP contribution in [0.4, 0.5) is 5.69 Å². The fourth-order valence-corrected chi connectivity index (χ4v) is 9.11. The number of halogens is 1. The molecule has 2 aromatic carbocycles. The number of aromatic nitrogens is 2. The lowest BCUT2D eigenvalue weighted by Crippen LogP contribution is -2.54. The molecule has 2 unspecified atom stereocenters. The van der Waals surface area contributed by atoms with Crippen LogP contribution in [-0.4, -0.2) is 105 Å². The number of nitrogen functional groups attached to an aromatic ring is 1. The Balaban J connectivity index is 1.03. The summed E-state index contributed by atoms with van der Waals surface area (Å²) in [7, 11) is 2.23. The smallest absolute Gasteiger partial charge is 0.326 e. The van der Waals surface area contributed by atoms with Gasteiger partial charge in [0.1, 0.15) is 0 Å². The average Bonchev–Trinajstić information content (AvgIpc) is 3.77. The molecule has 11 heteroatoms. The van der Waals surface area contributed by atoms with Crippen LogP contribution in [0.15, 0.2) is 41.2 Å². The maximum atomic E-state index is 14.2. The number of carbonyl (C=O) groups is 2. The van der Waals surface area contributed by atoms with Crippen molar-refractivity contribution in [3.63, 3.8) is 0 Å². The highest BCUT2D eigenvalue weighted by atomic mass is 35.5. The normalized spacial score (nSPS) is 23.6. The molecule has 47 heavy (non-hydrogen) atoms. The number of hydrogen-bond donors (Lipinski definition) is 2. The van der Waals surface area contributed by atoms with Gasteiger partial charge in [-0.1, -0.05) is 36.7 Å². The van der Waals surface area contributed by atoms with E-state index in [0.717, 1.165) is 67.6 Å². The van der Waals surface area contributed by atoms with Crippen LogP contribution in [0.1, 0.15) is 62.6 Å². The Morgan fingerprint density at radius 2 is 1.66 bits per heavy atom. The summed E-state index contributed by atoms with van der Waals surface area (Å²) >= 11 is 6.52. The first kappa shape index (κ1) is 32.2. The first-order chi connectivity index (χ1) is 22.7. The molecule has 7 rings (SSSR count). The van der Waals surface area contributed by atoms with Gasteiger partial charge in [0.2, 0.25) is 11.8 Å². The molecule has 1 aromatic heterocycles. The third kappa shape index (κ3) is 6.32. The topological polar surface area (TPSA) is 111 Å². The number of imidazole rings is 1. The quantitative estimate of drug-likeness (QED) is 0.354. The highest BCUT2D eigenvalue weighted by molar-refractivity contribution is 6.33. The molecule has 3 aromatic rings. The van der Waals surface area contributed by atoms with Crippen LogP contribution in [0.5, 0.6) is 0 Å². The number of benzene rings is 2. The van der Waals surface area contributed by atoms with Crippen LogP contribution < -0.4 is 11.4 Å². The number of carbonyl (C=O) groups excluding carboxylic acids is 2. The van der Waals surface area contributed by atoms with Gasteiger partial charge in [-0.25, -0.2) is 4.79 Å². The molecular formula is C36H48ClN7O3. The predicted molar refractivity (Wildman–Crippen MR) is 186 cm³/mol. The van der Waals surface area contributed by atoms with E-state index in [1.807, 2.05) is 57.7 Å². The summed E-state index contributed by atoms with van der Waals surface area (Å²) in [6.07, 6.45) is 5.96. The van der Waals surface area contributed by atoms with Crippen LogP contribution in [0.25, 0.3) is 11.0 Å². The van der Waals surface area contributed by atoms with E-state index in [-0.39, 0.29) is 30.0 Å². The van der Waals surface area contributed by atoms with Crippen molar-refractivity contribution >= 4 is 40.1 Å². The molecule has 3 atom stereocenters. The first-order valence-electron chi connectivity index (χ1n) is 17.5. The van der Waals surface area contributed by atoms with Crippen molar-refractivity contribution in [2.45, 2.75) is 82.5 Å². The number of rotatable bonds is 8. The Labute approximate surface area is 281 Å². The Kier molecular flexibility index (Phi) is 9.11. The average molecular weight is 662 g/mol. The number of anilines is 1.